The number of anilines is 2. The Morgan fingerprint density at radius 1 is 0.893 bits per heavy atom. The molecule has 0 unspecified atom stereocenters. The molecule has 0 aliphatic carbocycles. The van der Waals surface area contributed by atoms with Crippen LogP contribution >= 0.6 is 0 Å². The van der Waals surface area contributed by atoms with Gasteiger partial charge < -0.3 is 5.32 Å². The number of aryl methyl sites for hydroxylation is 1. The minimum atomic E-state index is -3.63. The predicted octanol–water partition coefficient (Wildman–Crippen LogP) is 5.14. The van der Waals surface area contributed by atoms with Crippen molar-refractivity contribution < 1.29 is 8.42 Å². The van der Waals surface area contributed by atoms with Gasteiger partial charge in [0.05, 0.1) is 16.6 Å². The number of sulfonamides is 1. The number of hydrogen-bond donors (Lipinski definition) is 1. The van der Waals surface area contributed by atoms with Crippen LogP contribution in [0.5, 0.6) is 0 Å². The Morgan fingerprint density at radius 2 is 1.54 bits per heavy atom. The van der Waals surface area contributed by atoms with Gasteiger partial charge in [0.15, 0.2) is 0 Å². The molecule has 2 atom stereocenters. The highest BCUT2D eigenvalue weighted by Crippen LogP contribution is 2.41. The number of nitrogens with zero attached hydrogens (tertiary/aromatic N) is 1. The van der Waals surface area contributed by atoms with Crippen molar-refractivity contribution in [3.8, 4) is 0 Å². The highest BCUT2D eigenvalue weighted by molar-refractivity contribution is 7.92. The van der Waals surface area contributed by atoms with E-state index in [0.29, 0.717) is 11.3 Å². The number of benzene rings is 3. The van der Waals surface area contributed by atoms with Crippen molar-refractivity contribution in [3.05, 3.63) is 90.0 Å². The molecule has 1 aliphatic rings. The van der Waals surface area contributed by atoms with Crippen LogP contribution in [0.15, 0.2) is 83.8 Å². The summed E-state index contributed by atoms with van der Waals surface area (Å²) in [6.07, 6.45) is 0.691. The van der Waals surface area contributed by atoms with E-state index >= 15 is 0 Å². The molecule has 28 heavy (non-hydrogen) atoms. The summed E-state index contributed by atoms with van der Waals surface area (Å²) < 4.78 is 28.5. The molecule has 5 heteroatoms. The molecule has 0 saturated heterocycles. The Labute approximate surface area is 166 Å². The van der Waals surface area contributed by atoms with Crippen LogP contribution in [-0.4, -0.2) is 14.5 Å². The molecule has 1 N–H and O–H groups in total. The van der Waals surface area contributed by atoms with E-state index in [2.05, 4.69) is 5.32 Å². The first-order chi connectivity index (χ1) is 13.5. The number of hydrogen-bond acceptors (Lipinski definition) is 3. The topological polar surface area (TPSA) is 49.4 Å². The fraction of sp³-hybridized carbons (Fsp3) is 0.217. The second kappa shape index (κ2) is 7.32. The van der Waals surface area contributed by atoms with Crippen LogP contribution in [0, 0.1) is 6.92 Å². The normalized spacial score (nSPS) is 19.1. The van der Waals surface area contributed by atoms with Gasteiger partial charge in [-0.3, -0.25) is 4.31 Å². The molecule has 144 valence electrons. The van der Waals surface area contributed by atoms with E-state index in [4.69, 9.17) is 0 Å². The molecule has 4 rings (SSSR count). The maximum absolute atomic E-state index is 13.4. The molecule has 3 aromatic rings. The summed E-state index contributed by atoms with van der Waals surface area (Å²) >= 11 is 0. The minimum absolute atomic E-state index is 0.0538. The summed E-state index contributed by atoms with van der Waals surface area (Å²) in [7, 11) is -3.63. The van der Waals surface area contributed by atoms with Gasteiger partial charge in [-0.2, -0.15) is 0 Å². The highest BCUT2D eigenvalue weighted by atomic mass is 32.2. The van der Waals surface area contributed by atoms with Crippen LogP contribution in [-0.2, 0) is 10.0 Å². The van der Waals surface area contributed by atoms with Crippen LogP contribution < -0.4 is 9.62 Å². The van der Waals surface area contributed by atoms with Crippen molar-refractivity contribution in [3.63, 3.8) is 0 Å². The monoisotopic (exact) mass is 392 g/mol. The minimum Gasteiger partial charge on any atom is -0.378 e. The van der Waals surface area contributed by atoms with Crippen molar-refractivity contribution in [2.75, 3.05) is 9.62 Å². The number of fused-ring (bicyclic) bond motifs is 1. The third kappa shape index (κ3) is 3.38. The summed E-state index contributed by atoms with van der Waals surface area (Å²) in [5.41, 5.74) is 3.82. The molecule has 0 bridgehead atoms. The lowest BCUT2D eigenvalue weighted by Crippen LogP contribution is -2.44. The molecule has 3 aromatic carbocycles. The van der Waals surface area contributed by atoms with Crippen LogP contribution in [0.4, 0.5) is 11.4 Å². The van der Waals surface area contributed by atoms with Crippen LogP contribution in [0.2, 0.25) is 0 Å². The van der Waals surface area contributed by atoms with E-state index in [1.165, 1.54) is 0 Å². The lowest BCUT2D eigenvalue weighted by atomic mass is 9.93. The first-order valence-electron chi connectivity index (χ1n) is 9.48. The van der Waals surface area contributed by atoms with Gasteiger partial charge in [0.2, 0.25) is 0 Å². The van der Waals surface area contributed by atoms with Gasteiger partial charge in [-0.25, -0.2) is 8.42 Å². The fourth-order valence-electron chi connectivity index (χ4n) is 3.85. The lowest BCUT2D eigenvalue weighted by Gasteiger charge is -2.40. The molecule has 0 saturated carbocycles. The molecular formula is C23H24N2O2S. The van der Waals surface area contributed by atoms with Crippen molar-refractivity contribution in [2.24, 2.45) is 0 Å². The Bertz CT molecular complexity index is 1060. The standard InChI is InChI=1S/C23H24N2O2S/c1-17-12-14-20(15-13-17)28(26,27)25-18(2)16-22(21-10-6-7-11-23(21)25)24-19-8-4-3-5-9-19/h3-15,18,22,24H,16H2,1-2H3/t18-,22-/m0/s1. The molecule has 4 nitrogen and oxygen atoms in total. The Hall–Kier alpha value is -2.79. The van der Waals surface area contributed by atoms with Crippen molar-refractivity contribution in [1.29, 1.82) is 0 Å². The fourth-order valence-corrected chi connectivity index (χ4v) is 5.54. The van der Waals surface area contributed by atoms with Gasteiger partial charge in [-0.15, -0.1) is 0 Å². The molecule has 0 radical (unpaired) electrons. The quantitative estimate of drug-likeness (QED) is 0.669. The second-order valence-electron chi connectivity index (χ2n) is 7.32. The second-order valence-corrected chi connectivity index (χ2v) is 9.14. The summed E-state index contributed by atoms with van der Waals surface area (Å²) in [6.45, 7) is 3.93. The van der Waals surface area contributed by atoms with E-state index < -0.39 is 10.0 Å². The summed E-state index contributed by atoms with van der Waals surface area (Å²) in [5.74, 6) is 0. The number of nitrogens with one attached hydrogen (secondary N) is 1. The van der Waals surface area contributed by atoms with Crippen LogP contribution in [0.1, 0.15) is 30.5 Å². The highest BCUT2D eigenvalue weighted by Gasteiger charge is 2.37. The van der Waals surface area contributed by atoms with Gasteiger partial charge in [-0.1, -0.05) is 54.1 Å². The Morgan fingerprint density at radius 3 is 2.25 bits per heavy atom. The van der Waals surface area contributed by atoms with Crippen LogP contribution in [0.3, 0.4) is 0 Å². The predicted molar refractivity (Wildman–Crippen MR) is 114 cm³/mol. The van der Waals surface area contributed by atoms with E-state index in [1.807, 2.05) is 80.6 Å². The third-order valence-corrected chi connectivity index (χ3v) is 7.16. The molecular weight excluding hydrogens is 368 g/mol. The zero-order valence-electron chi connectivity index (χ0n) is 16.0. The van der Waals surface area contributed by atoms with Gasteiger partial charge in [-0.05, 0) is 56.2 Å². The summed E-state index contributed by atoms with van der Waals surface area (Å²) in [5, 5.41) is 3.57. The molecule has 0 spiro atoms. The van der Waals surface area contributed by atoms with E-state index in [9.17, 15) is 8.42 Å². The van der Waals surface area contributed by atoms with Gasteiger partial charge in [0, 0.05) is 11.7 Å². The largest absolute Gasteiger partial charge is 0.378 e. The number of para-hydroxylation sites is 2. The molecule has 1 aliphatic heterocycles. The SMILES string of the molecule is Cc1ccc(S(=O)(=O)N2c3ccccc3[C@@H](Nc3ccccc3)C[C@@H]2C)cc1. The van der Waals surface area contributed by atoms with Crippen molar-refractivity contribution in [1.82, 2.24) is 0 Å². The maximum Gasteiger partial charge on any atom is 0.264 e. The van der Waals surface area contributed by atoms with Gasteiger partial charge in [0.1, 0.15) is 0 Å². The summed E-state index contributed by atoms with van der Waals surface area (Å²) in [4.78, 5) is 0.328. The summed E-state index contributed by atoms with van der Waals surface area (Å²) in [6, 6.07) is 24.8. The number of rotatable bonds is 4. The Kier molecular flexibility index (Phi) is 4.85. The van der Waals surface area contributed by atoms with Gasteiger partial charge >= 0.3 is 0 Å². The first-order valence-corrected chi connectivity index (χ1v) is 10.9. The average Bonchev–Trinajstić information content (AvgIpc) is 2.69. The first kappa shape index (κ1) is 18.6. The third-order valence-electron chi connectivity index (χ3n) is 5.22. The molecule has 0 amide bonds. The van der Waals surface area contributed by atoms with E-state index in [-0.39, 0.29) is 12.1 Å². The van der Waals surface area contributed by atoms with Crippen molar-refractivity contribution >= 4 is 21.4 Å². The molecule has 1 heterocycles. The molecule has 0 fully saturated rings. The van der Waals surface area contributed by atoms with E-state index in [1.54, 1.807) is 16.4 Å². The molecule has 0 aromatic heterocycles. The van der Waals surface area contributed by atoms with Crippen molar-refractivity contribution in [2.45, 2.75) is 37.2 Å². The smallest absolute Gasteiger partial charge is 0.264 e. The van der Waals surface area contributed by atoms with E-state index in [0.717, 1.165) is 22.5 Å². The average molecular weight is 393 g/mol. The maximum atomic E-state index is 13.4. The lowest BCUT2D eigenvalue weighted by molar-refractivity contribution is 0.537. The van der Waals surface area contributed by atoms with Gasteiger partial charge in [0.25, 0.3) is 10.0 Å². The Balaban J connectivity index is 1.75. The van der Waals surface area contributed by atoms with Crippen LogP contribution in [0.25, 0.3) is 0 Å². The zero-order valence-corrected chi connectivity index (χ0v) is 16.9. The zero-order chi connectivity index (χ0) is 19.7.